The van der Waals surface area contributed by atoms with Crippen LogP contribution in [0.15, 0.2) is 40.0 Å². The average molecular weight is 483 g/mol. The maximum Gasteiger partial charge on any atom is 0.234 e. The summed E-state index contributed by atoms with van der Waals surface area (Å²) in [6.07, 6.45) is 0. The second-order valence-corrected chi connectivity index (χ2v) is 7.95. The Morgan fingerprint density at radius 1 is 1.28 bits per heavy atom. The van der Waals surface area contributed by atoms with E-state index in [1.807, 2.05) is 32.0 Å². The number of anilines is 1. The van der Waals surface area contributed by atoms with Crippen LogP contribution in [0.2, 0.25) is 0 Å². The van der Waals surface area contributed by atoms with E-state index in [-0.39, 0.29) is 22.5 Å². The monoisotopic (exact) mass is 482 g/mol. The van der Waals surface area contributed by atoms with Crippen molar-refractivity contribution in [3.8, 4) is 5.75 Å². The zero-order chi connectivity index (χ0) is 21.0. The number of nitrogens with zero attached hydrogens (tertiary/aromatic N) is 2. The van der Waals surface area contributed by atoms with Gasteiger partial charge < -0.3 is 10.1 Å². The molecule has 6 nitrogen and oxygen atoms in total. The second kappa shape index (κ2) is 9.36. The summed E-state index contributed by atoms with van der Waals surface area (Å²) in [4.78, 5) is 16.3. The summed E-state index contributed by atoms with van der Waals surface area (Å²) in [6.45, 7) is 4.13. The van der Waals surface area contributed by atoms with Gasteiger partial charge in [0.15, 0.2) is 11.6 Å². The zero-order valence-electron chi connectivity index (χ0n) is 15.6. The van der Waals surface area contributed by atoms with Crippen LogP contribution < -0.4 is 10.1 Å². The molecule has 2 aromatic carbocycles. The summed E-state index contributed by atoms with van der Waals surface area (Å²) in [5.41, 5.74) is 1.93. The number of ether oxygens (including phenoxy) is 1. The van der Waals surface area contributed by atoms with Crippen molar-refractivity contribution < 1.29 is 18.3 Å². The van der Waals surface area contributed by atoms with Gasteiger partial charge in [-0.15, -0.1) is 5.10 Å². The number of carbonyl (C=O) groups excluding carboxylic acids is 1. The van der Waals surface area contributed by atoms with Gasteiger partial charge in [0.05, 0.1) is 11.4 Å². The van der Waals surface area contributed by atoms with Crippen molar-refractivity contribution in [1.29, 1.82) is 0 Å². The molecule has 152 valence electrons. The first-order valence-electron chi connectivity index (χ1n) is 8.51. The van der Waals surface area contributed by atoms with Crippen LogP contribution in [0, 0.1) is 25.5 Å². The molecule has 0 aliphatic carbocycles. The molecule has 0 aliphatic rings. The van der Waals surface area contributed by atoms with E-state index in [4.69, 9.17) is 4.74 Å². The van der Waals surface area contributed by atoms with Crippen molar-refractivity contribution in [2.45, 2.75) is 25.6 Å². The van der Waals surface area contributed by atoms with Crippen molar-refractivity contribution in [2.24, 2.45) is 0 Å². The van der Waals surface area contributed by atoms with Gasteiger partial charge in [0, 0.05) is 10.5 Å². The highest BCUT2D eigenvalue weighted by molar-refractivity contribution is 9.10. The fourth-order valence-corrected chi connectivity index (χ4v) is 3.67. The third kappa shape index (κ3) is 5.54. The van der Waals surface area contributed by atoms with E-state index in [1.165, 1.54) is 0 Å². The molecule has 0 atom stereocenters. The fraction of sp³-hybridized carbons (Fsp3) is 0.211. The third-order valence-electron chi connectivity index (χ3n) is 3.88. The van der Waals surface area contributed by atoms with Crippen LogP contribution in [-0.4, -0.2) is 26.8 Å². The fourth-order valence-electron chi connectivity index (χ4n) is 2.54. The van der Waals surface area contributed by atoms with Gasteiger partial charge in [-0.25, -0.2) is 13.8 Å². The summed E-state index contributed by atoms with van der Waals surface area (Å²) < 4.78 is 32.8. The number of halogens is 3. The number of aromatic nitrogens is 3. The summed E-state index contributed by atoms with van der Waals surface area (Å²) in [5.74, 6) is -0.804. The van der Waals surface area contributed by atoms with Gasteiger partial charge in [-0.1, -0.05) is 30.0 Å². The van der Waals surface area contributed by atoms with Gasteiger partial charge in [-0.2, -0.15) is 0 Å². The van der Waals surface area contributed by atoms with Crippen LogP contribution in [0.1, 0.15) is 17.0 Å². The molecule has 1 heterocycles. The topological polar surface area (TPSA) is 79.9 Å². The molecule has 0 saturated heterocycles. The highest BCUT2D eigenvalue weighted by atomic mass is 79.9. The number of nitrogens with one attached hydrogen (secondary N) is 2. The van der Waals surface area contributed by atoms with Crippen LogP contribution in [0.4, 0.5) is 14.5 Å². The molecule has 0 radical (unpaired) electrons. The molecule has 1 aromatic heterocycles. The lowest BCUT2D eigenvalue weighted by Crippen LogP contribution is -2.15. The first kappa shape index (κ1) is 21.3. The largest absolute Gasteiger partial charge is 0.485 e. The highest BCUT2D eigenvalue weighted by Crippen LogP contribution is 2.27. The van der Waals surface area contributed by atoms with Crippen molar-refractivity contribution in [1.82, 2.24) is 15.2 Å². The lowest BCUT2D eigenvalue weighted by atomic mass is 10.1. The van der Waals surface area contributed by atoms with Gasteiger partial charge in [-0.3, -0.25) is 9.89 Å². The number of para-hydroxylation sites is 1. The van der Waals surface area contributed by atoms with Crippen molar-refractivity contribution >= 4 is 39.3 Å². The number of aryl methyl sites for hydroxylation is 2. The number of hydrogen-bond acceptors (Lipinski definition) is 5. The normalized spacial score (nSPS) is 10.8. The van der Waals surface area contributed by atoms with E-state index >= 15 is 0 Å². The van der Waals surface area contributed by atoms with Gasteiger partial charge >= 0.3 is 0 Å². The lowest BCUT2D eigenvalue weighted by molar-refractivity contribution is -0.113. The molecule has 0 fully saturated rings. The molecule has 2 N–H and O–H groups in total. The Hall–Kier alpha value is -2.46. The van der Waals surface area contributed by atoms with E-state index in [0.717, 1.165) is 34.7 Å². The Balaban J connectivity index is 1.53. The number of aromatic amines is 1. The van der Waals surface area contributed by atoms with Crippen LogP contribution in [0.5, 0.6) is 5.75 Å². The third-order valence-corrected chi connectivity index (χ3v) is 5.35. The maximum atomic E-state index is 13.8. The molecule has 3 rings (SSSR count). The molecule has 29 heavy (non-hydrogen) atoms. The van der Waals surface area contributed by atoms with Crippen LogP contribution >= 0.6 is 27.7 Å². The summed E-state index contributed by atoms with van der Waals surface area (Å²) in [5, 5.41) is 9.56. The van der Waals surface area contributed by atoms with Gasteiger partial charge in [0.25, 0.3) is 0 Å². The number of carbonyl (C=O) groups is 1. The van der Waals surface area contributed by atoms with E-state index in [0.29, 0.717) is 17.0 Å². The van der Waals surface area contributed by atoms with Crippen molar-refractivity contribution in [2.75, 3.05) is 11.1 Å². The molecular weight excluding hydrogens is 466 g/mol. The summed E-state index contributed by atoms with van der Waals surface area (Å²) >= 11 is 4.11. The molecule has 0 unspecified atom stereocenters. The smallest absolute Gasteiger partial charge is 0.234 e. The summed E-state index contributed by atoms with van der Waals surface area (Å²) in [6, 6.07) is 7.66. The zero-order valence-corrected chi connectivity index (χ0v) is 18.0. The maximum absolute atomic E-state index is 13.8. The predicted molar refractivity (Wildman–Crippen MR) is 110 cm³/mol. The number of amides is 1. The number of hydrogen-bond donors (Lipinski definition) is 2. The first-order chi connectivity index (χ1) is 13.8. The van der Waals surface area contributed by atoms with Crippen molar-refractivity contribution in [3.63, 3.8) is 0 Å². The highest BCUT2D eigenvalue weighted by Gasteiger charge is 2.14. The van der Waals surface area contributed by atoms with Gasteiger partial charge in [0.1, 0.15) is 18.2 Å². The number of rotatable bonds is 7. The number of H-pyrrole nitrogens is 1. The standard InChI is InChI=1S/C19H17BrF2N4O2S/c1-10-4-3-5-11(2)18(10)28-8-15-23-19(26-25-15)29-9-16(27)24-17-13(20)6-12(21)7-14(17)22/h3-7H,8-9H2,1-2H3,(H,24,27)(H,23,25,26). The van der Waals surface area contributed by atoms with Crippen LogP contribution in [0.3, 0.4) is 0 Å². The summed E-state index contributed by atoms with van der Waals surface area (Å²) in [7, 11) is 0. The minimum absolute atomic E-state index is 0.0433. The van der Waals surface area contributed by atoms with Crippen LogP contribution in [-0.2, 0) is 11.4 Å². The van der Waals surface area contributed by atoms with Crippen LogP contribution in [0.25, 0.3) is 0 Å². The first-order valence-corrected chi connectivity index (χ1v) is 10.3. The Morgan fingerprint density at radius 3 is 2.69 bits per heavy atom. The number of benzene rings is 2. The Labute approximate surface area is 178 Å². The van der Waals surface area contributed by atoms with Gasteiger partial charge in [0.2, 0.25) is 11.1 Å². The number of thioether (sulfide) groups is 1. The minimum atomic E-state index is -0.862. The Kier molecular flexibility index (Phi) is 6.86. The second-order valence-electron chi connectivity index (χ2n) is 6.16. The Bertz CT molecular complexity index is 1000. The SMILES string of the molecule is Cc1cccc(C)c1OCc1nc(SCC(=O)Nc2c(F)cc(F)cc2Br)n[nH]1. The molecule has 10 heteroatoms. The lowest BCUT2D eigenvalue weighted by Gasteiger charge is -2.10. The average Bonchev–Trinajstić information content (AvgIpc) is 3.10. The van der Waals surface area contributed by atoms with Crippen molar-refractivity contribution in [3.05, 3.63) is 63.4 Å². The molecule has 3 aromatic rings. The van der Waals surface area contributed by atoms with E-state index in [2.05, 4.69) is 36.4 Å². The molecule has 0 saturated carbocycles. The predicted octanol–water partition coefficient (Wildman–Crippen LogP) is 4.77. The van der Waals surface area contributed by atoms with E-state index < -0.39 is 17.5 Å². The van der Waals surface area contributed by atoms with E-state index in [9.17, 15) is 13.6 Å². The molecule has 0 spiro atoms. The molecule has 0 bridgehead atoms. The molecule has 1 amide bonds. The Morgan fingerprint density at radius 2 is 2.00 bits per heavy atom. The molecular formula is C19H17BrF2N4O2S. The molecule has 0 aliphatic heterocycles. The minimum Gasteiger partial charge on any atom is -0.485 e. The van der Waals surface area contributed by atoms with E-state index in [1.54, 1.807) is 0 Å². The van der Waals surface area contributed by atoms with Gasteiger partial charge in [-0.05, 0) is 47.0 Å². The quantitative estimate of drug-likeness (QED) is 0.474.